The number of aryl methyl sites for hydroxylation is 1. The summed E-state index contributed by atoms with van der Waals surface area (Å²) in [5.41, 5.74) is -1.96. The maximum absolute atomic E-state index is 15.0. The lowest BCUT2D eigenvalue weighted by atomic mass is 9.90. The molecule has 1 unspecified atom stereocenters. The number of aliphatic hydroxyl groups is 2. The van der Waals surface area contributed by atoms with Crippen molar-refractivity contribution in [1.29, 1.82) is 0 Å². The Morgan fingerprint density at radius 3 is 2.67 bits per heavy atom. The van der Waals surface area contributed by atoms with Gasteiger partial charge in [-0.25, -0.2) is 4.79 Å². The van der Waals surface area contributed by atoms with Crippen molar-refractivity contribution in [2.75, 3.05) is 6.61 Å². The maximum Gasteiger partial charge on any atom is 0.410 e. The molecule has 0 aromatic carbocycles. The van der Waals surface area contributed by atoms with Crippen molar-refractivity contribution in [3.63, 3.8) is 0 Å². The molecule has 0 aliphatic carbocycles. The van der Waals surface area contributed by atoms with Gasteiger partial charge < -0.3 is 19.8 Å². The monoisotopic (exact) mass is 387 g/mol. The van der Waals surface area contributed by atoms with Gasteiger partial charge in [0.1, 0.15) is 11.3 Å². The molecule has 7 nitrogen and oxygen atoms in total. The Bertz CT molecular complexity index is 744. The number of aromatic nitrogens is 2. The number of hydrogen-bond acceptors (Lipinski definition) is 5. The van der Waals surface area contributed by atoms with Gasteiger partial charge in [0, 0.05) is 31.0 Å². The lowest BCUT2D eigenvalue weighted by Crippen LogP contribution is -2.45. The first-order valence-electron chi connectivity index (χ1n) is 9.15. The third-order valence-electron chi connectivity index (χ3n) is 5.09. The van der Waals surface area contributed by atoms with Gasteiger partial charge in [0.25, 0.3) is 5.92 Å². The van der Waals surface area contributed by atoms with Crippen LogP contribution in [0.4, 0.5) is 13.6 Å². The molecular weight excluding hydrogens is 360 g/mol. The molecule has 3 rings (SSSR count). The fourth-order valence-electron chi connectivity index (χ4n) is 3.77. The Morgan fingerprint density at radius 2 is 2.07 bits per heavy atom. The molecule has 0 saturated heterocycles. The van der Waals surface area contributed by atoms with Gasteiger partial charge in [0.15, 0.2) is 0 Å². The number of aliphatic hydroxyl groups excluding tert-OH is 1. The number of halogens is 2. The smallest absolute Gasteiger partial charge is 0.410 e. The molecule has 0 bridgehead atoms. The van der Waals surface area contributed by atoms with E-state index in [4.69, 9.17) is 4.74 Å². The molecule has 152 valence electrons. The molecule has 9 heteroatoms. The summed E-state index contributed by atoms with van der Waals surface area (Å²) in [4.78, 5) is 14.0. The average Bonchev–Trinajstić information content (AvgIpc) is 2.83. The van der Waals surface area contributed by atoms with Crippen molar-refractivity contribution in [3.8, 4) is 0 Å². The Kier molecular flexibility index (Phi) is 4.75. The minimum atomic E-state index is -3.37. The normalized spacial score (nSPS) is 27.6. The van der Waals surface area contributed by atoms with Crippen LogP contribution < -0.4 is 0 Å². The number of fused-ring (bicyclic) bond motifs is 3. The second-order valence-electron chi connectivity index (χ2n) is 8.67. The summed E-state index contributed by atoms with van der Waals surface area (Å²) >= 11 is 0. The van der Waals surface area contributed by atoms with E-state index in [1.165, 1.54) is 9.58 Å². The van der Waals surface area contributed by atoms with Crippen molar-refractivity contribution in [1.82, 2.24) is 14.7 Å². The number of carbonyl (C=O) groups excluding carboxylic acids is 1. The number of carbonyl (C=O) groups is 1. The summed E-state index contributed by atoms with van der Waals surface area (Å²) in [5.74, 6) is -3.37. The fraction of sp³-hybridized carbons (Fsp3) is 0.778. The van der Waals surface area contributed by atoms with Crippen molar-refractivity contribution >= 4 is 6.09 Å². The predicted octanol–water partition coefficient (Wildman–Crippen LogP) is 2.17. The molecular formula is C18H27F2N3O4. The zero-order chi connectivity index (χ0) is 20.2. The van der Waals surface area contributed by atoms with Gasteiger partial charge in [-0.15, -0.1) is 0 Å². The van der Waals surface area contributed by atoms with E-state index in [0.29, 0.717) is 17.7 Å². The molecule has 1 aromatic rings. The second-order valence-corrected chi connectivity index (χ2v) is 8.67. The summed E-state index contributed by atoms with van der Waals surface area (Å²) < 4.78 is 36.6. The van der Waals surface area contributed by atoms with Crippen molar-refractivity contribution in [3.05, 3.63) is 17.0 Å². The number of hydrogen-bond donors (Lipinski definition) is 2. The van der Waals surface area contributed by atoms with Gasteiger partial charge in [-0.2, -0.15) is 13.9 Å². The van der Waals surface area contributed by atoms with Crippen LogP contribution in [0.5, 0.6) is 0 Å². The fourth-order valence-corrected chi connectivity index (χ4v) is 3.77. The highest BCUT2D eigenvalue weighted by Gasteiger charge is 2.50. The SMILES string of the molecule is C[C@@H]1Cc2nn3c(c2CN1C(=O)OC(C)(C)C)C(F)(F)CC(O)(CO)CC3. The van der Waals surface area contributed by atoms with Crippen LogP contribution in [0.2, 0.25) is 0 Å². The van der Waals surface area contributed by atoms with E-state index >= 15 is 0 Å². The number of nitrogens with zero attached hydrogens (tertiary/aromatic N) is 3. The summed E-state index contributed by atoms with van der Waals surface area (Å²) in [6.45, 7) is 6.41. The lowest BCUT2D eigenvalue weighted by Gasteiger charge is -2.35. The molecule has 0 fully saturated rings. The minimum Gasteiger partial charge on any atom is -0.444 e. The third-order valence-corrected chi connectivity index (χ3v) is 5.09. The van der Waals surface area contributed by atoms with Gasteiger partial charge in [-0.05, 0) is 34.1 Å². The predicted molar refractivity (Wildman–Crippen MR) is 92.3 cm³/mol. The number of rotatable bonds is 1. The van der Waals surface area contributed by atoms with Crippen LogP contribution >= 0.6 is 0 Å². The zero-order valence-electron chi connectivity index (χ0n) is 16.1. The van der Waals surface area contributed by atoms with Crippen LogP contribution in [-0.2, 0) is 30.2 Å². The van der Waals surface area contributed by atoms with Crippen molar-refractivity contribution in [2.24, 2.45) is 0 Å². The molecule has 1 amide bonds. The van der Waals surface area contributed by atoms with E-state index in [1.54, 1.807) is 20.8 Å². The first kappa shape index (κ1) is 20.0. The number of amides is 1. The van der Waals surface area contributed by atoms with Crippen molar-refractivity contribution < 1.29 is 28.5 Å². The lowest BCUT2D eigenvalue weighted by molar-refractivity contribution is -0.112. The average molecular weight is 387 g/mol. The molecule has 0 saturated carbocycles. The Hall–Kier alpha value is -1.74. The summed E-state index contributed by atoms with van der Waals surface area (Å²) in [7, 11) is 0. The summed E-state index contributed by atoms with van der Waals surface area (Å²) in [6.07, 6.45) is -1.09. The van der Waals surface area contributed by atoms with Gasteiger partial charge in [0.05, 0.1) is 24.4 Å². The number of ether oxygens (including phenoxy) is 1. The topological polar surface area (TPSA) is 87.8 Å². The highest BCUT2D eigenvalue weighted by molar-refractivity contribution is 5.69. The van der Waals surface area contributed by atoms with Gasteiger partial charge in [-0.1, -0.05) is 0 Å². The van der Waals surface area contributed by atoms with Crippen LogP contribution in [0, 0.1) is 0 Å². The molecule has 1 aromatic heterocycles. The van der Waals surface area contributed by atoms with Gasteiger partial charge >= 0.3 is 6.09 Å². The Morgan fingerprint density at radius 1 is 1.41 bits per heavy atom. The molecule has 2 N–H and O–H groups in total. The highest BCUT2D eigenvalue weighted by Crippen LogP contribution is 2.44. The zero-order valence-corrected chi connectivity index (χ0v) is 16.1. The van der Waals surface area contributed by atoms with Crippen LogP contribution in [0.25, 0.3) is 0 Å². The standard InChI is InChI=1S/C18H27F2N3O4/c1-11-7-13-12(8-22(11)15(25)27-16(2,3)4)14-18(19,20)9-17(26,10-24)5-6-23(14)21-13/h11,24,26H,5-10H2,1-4H3/t11-,17?/m1/s1. The van der Waals surface area contributed by atoms with E-state index in [2.05, 4.69) is 5.10 Å². The highest BCUT2D eigenvalue weighted by atomic mass is 19.3. The van der Waals surface area contributed by atoms with Crippen molar-refractivity contribution in [2.45, 2.75) is 83.2 Å². The quantitative estimate of drug-likeness (QED) is 0.771. The van der Waals surface area contributed by atoms with Gasteiger partial charge in [-0.3, -0.25) is 4.68 Å². The molecule has 2 aliphatic rings. The number of alkyl halides is 2. The van der Waals surface area contributed by atoms with Crippen LogP contribution in [-0.4, -0.2) is 54.8 Å². The first-order valence-corrected chi connectivity index (χ1v) is 9.15. The van der Waals surface area contributed by atoms with Gasteiger partial charge in [0.2, 0.25) is 0 Å². The third kappa shape index (κ3) is 3.80. The van der Waals surface area contributed by atoms with E-state index in [0.717, 1.165) is 0 Å². The summed E-state index contributed by atoms with van der Waals surface area (Å²) in [5, 5.41) is 23.9. The molecule has 0 radical (unpaired) electrons. The second kappa shape index (κ2) is 6.41. The van der Waals surface area contributed by atoms with E-state index in [1.807, 2.05) is 6.92 Å². The minimum absolute atomic E-state index is 0.0159. The van der Waals surface area contributed by atoms with E-state index in [9.17, 15) is 23.8 Å². The Labute approximate surface area is 156 Å². The van der Waals surface area contributed by atoms with E-state index in [-0.39, 0.29) is 31.2 Å². The van der Waals surface area contributed by atoms with Crippen LogP contribution in [0.3, 0.4) is 0 Å². The van der Waals surface area contributed by atoms with Crippen LogP contribution in [0.15, 0.2) is 0 Å². The largest absolute Gasteiger partial charge is 0.444 e. The Balaban J connectivity index is 1.96. The molecule has 0 spiro atoms. The maximum atomic E-state index is 15.0. The molecule has 3 heterocycles. The summed E-state index contributed by atoms with van der Waals surface area (Å²) in [6, 6.07) is -0.227. The first-order chi connectivity index (χ1) is 12.4. The molecule has 27 heavy (non-hydrogen) atoms. The van der Waals surface area contributed by atoms with E-state index < -0.39 is 36.2 Å². The molecule has 2 atom stereocenters. The van der Waals surface area contributed by atoms with Crippen LogP contribution in [0.1, 0.15) is 57.5 Å². The molecule has 2 aliphatic heterocycles.